The molecule has 1 N–H and O–H groups in total. The van der Waals surface area contributed by atoms with Gasteiger partial charge in [0.05, 0.1) is 5.69 Å². The lowest BCUT2D eigenvalue weighted by Gasteiger charge is -2.34. The molecule has 2 rings (SSSR count). The molecule has 1 aromatic heterocycles. The molecular formula is C13H18N4O3. The van der Waals surface area contributed by atoms with E-state index in [0.29, 0.717) is 37.7 Å². The zero-order valence-electron chi connectivity index (χ0n) is 11.9. The first-order chi connectivity index (χ1) is 9.40. The quantitative estimate of drug-likeness (QED) is 0.763. The fourth-order valence-electron chi connectivity index (χ4n) is 2.36. The summed E-state index contributed by atoms with van der Waals surface area (Å²) in [5, 5.41) is 0. The minimum Gasteiger partial charge on any atom is -0.339 e. The van der Waals surface area contributed by atoms with Crippen molar-refractivity contribution in [3.63, 3.8) is 0 Å². The third-order valence-electron chi connectivity index (χ3n) is 3.44. The summed E-state index contributed by atoms with van der Waals surface area (Å²) in [6.07, 6.45) is 0. The second-order valence-corrected chi connectivity index (χ2v) is 4.91. The largest absolute Gasteiger partial charge is 0.339 e. The van der Waals surface area contributed by atoms with Crippen molar-refractivity contribution >= 4 is 11.8 Å². The van der Waals surface area contributed by atoms with Gasteiger partial charge in [-0.25, -0.2) is 4.98 Å². The number of aryl methyl sites for hydroxylation is 2. The highest BCUT2D eigenvalue weighted by atomic mass is 16.2. The van der Waals surface area contributed by atoms with E-state index in [0.717, 1.165) is 0 Å². The van der Waals surface area contributed by atoms with E-state index >= 15 is 0 Å². The van der Waals surface area contributed by atoms with Gasteiger partial charge in [-0.3, -0.25) is 14.4 Å². The summed E-state index contributed by atoms with van der Waals surface area (Å²) in [6.45, 7) is 6.71. The van der Waals surface area contributed by atoms with Crippen LogP contribution in [0.25, 0.3) is 0 Å². The predicted octanol–water partition coefficient (Wildman–Crippen LogP) is -0.309. The van der Waals surface area contributed by atoms with Crippen molar-refractivity contribution in [2.75, 3.05) is 26.2 Å². The molecule has 7 nitrogen and oxygen atoms in total. The molecule has 0 aromatic carbocycles. The van der Waals surface area contributed by atoms with Crippen molar-refractivity contribution in [1.82, 2.24) is 19.8 Å². The van der Waals surface area contributed by atoms with Gasteiger partial charge in [0.15, 0.2) is 0 Å². The number of nitrogens with zero attached hydrogens (tertiary/aromatic N) is 3. The molecule has 1 aromatic rings. The van der Waals surface area contributed by atoms with E-state index in [2.05, 4.69) is 9.97 Å². The van der Waals surface area contributed by atoms with Gasteiger partial charge in [0.2, 0.25) is 5.91 Å². The number of nitrogens with one attached hydrogen (secondary N) is 1. The van der Waals surface area contributed by atoms with Crippen LogP contribution in [0.5, 0.6) is 0 Å². The molecule has 108 valence electrons. The fraction of sp³-hybridized carbons (Fsp3) is 0.538. The van der Waals surface area contributed by atoms with Gasteiger partial charge < -0.3 is 14.8 Å². The van der Waals surface area contributed by atoms with Crippen molar-refractivity contribution in [1.29, 1.82) is 0 Å². The summed E-state index contributed by atoms with van der Waals surface area (Å²) in [5.41, 5.74) is 0.117. The van der Waals surface area contributed by atoms with Crippen molar-refractivity contribution in [3.8, 4) is 0 Å². The molecule has 1 aliphatic rings. The highest BCUT2D eigenvalue weighted by Crippen LogP contribution is 2.08. The monoisotopic (exact) mass is 278 g/mol. The van der Waals surface area contributed by atoms with Crippen molar-refractivity contribution < 1.29 is 9.59 Å². The molecule has 7 heteroatoms. The first-order valence-electron chi connectivity index (χ1n) is 6.52. The number of hydrogen-bond acceptors (Lipinski definition) is 4. The van der Waals surface area contributed by atoms with Gasteiger partial charge in [0.1, 0.15) is 11.4 Å². The van der Waals surface area contributed by atoms with Gasteiger partial charge in [-0.05, 0) is 13.8 Å². The van der Waals surface area contributed by atoms with Crippen molar-refractivity contribution in [3.05, 3.63) is 27.4 Å². The Hall–Kier alpha value is -2.18. The van der Waals surface area contributed by atoms with Crippen LogP contribution in [-0.2, 0) is 4.79 Å². The van der Waals surface area contributed by atoms with Crippen LogP contribution < -0.4 is 5.56 Å². The van der Waals surface area contributed by atoms with Crippen LogP contribution in [0.15, 0.2) is 4.79 Å². The zero-order valence-corrected chi connectivity index (χ0v) is 11.9. The van der Waals surface area contributed by atoms with E-state index in [1.54, 1.807) is 23.6 Å². The molecule has 0 unspecified atom stereocenters. The Morgan fingerprint density at radius 2 is 1.65 bits per heavy atom. The smallest absolute Gasteiger partial charge is 0.264 e. The van der Waals surface area contributed by atoms with Gasteiger partial charge in [-0.15, -0.1) is 0 Å². The average molecular weight is 278 g/mol. The lowest BCUT2D eigenvalue weighted by molar-refractivity contribution is -0.130. The predicted molar refractivity (Wildman–Crippen MR) is 72.5 cm³/mol. The maximum Gasteiger partial charge on any atom is 0.264 e. The Morgan fingerprint density at radius 3 is 2.15 bits per heavy atom. The summed E-state index contributed by atoms with van der Waals surface area (Å²) in [6, 6.07) is 0. The molecule has 0 atom stereocenters. The maximum atomic E-state index is 12.4. The summed E-state index contributed by atoms with van der Waals surface area (Å²) in [4.78, 5) is 45.5. The van der Waals surface area contributed by atoms with Crippen LogP contribution in [0.3, 0.4) is 0 Å². The van der Waals surface area contributed by atoms with E-state index in [1.165, 1.54) is 6.92 Å². The van der Waals surface area contributed by atoms with Crippen LogP contribution in [0.2, 0.25) is 0 Å². The van der Waals surface area contributed by atoms with Crippen molar-refractivity contribution in [2.45, 2.75) is 20.8 Å². The van der Waals surface area contributed by atoms with Gasteiger partial charge in [-0.1, -0.05) is 0 Å². The molecule has 0 aliphatic carbocycles. The number of aromatic amines is 1. The molecule has 1 saturated heterocycles. The zero-order chi connectivity index (χ0) is 14.9. The number of aromatic nitrogens is 2. The van der Waals surface area contributed by atoms with E-state index in [4.69, 9.17) is 0 Å². The molecule has 0 radical (unpaired) electrons. The topological polar surface area (TPSA) is 86.4 Å². The lowest BCUT2D eigenvalue weighted by atomic mass is 10.2. The summed E-state index contributed by atoms with van der Waals surface area (Å²) in [7, 11) is 0. The summed E-state index contributed by atoms with van der Waals surface area (Å²) in [5.74, 6) is 0.174. The summed E-state index contributed by atoms with van der Waals surface area (Å²) >= 11 is 0. The van der Waals surface area contributed by atoms with E-state index in [9.17, 15) is 14.4 Å². The molecule has 0 saturated carbocycles. The standard InChI is InChI=1S/C13H18N4O3/c1-8-11(12(19)15-9(2)14-8)13(20)17-6-4-16(5-7-17)10(3)18/h4-7H2,1-3H3,(H,14,15,19). The number of carbonyl (C=O) groups excluding carboxylic acids is 2. The number of amides is 2. The van der Waals surface area contributed by atoms with E-state index < -0.39 is 5.56 Å². The Kier molecular flexibility index (Phi) is 3.87. The number of hydrogen-bond donors (Lipinski definition) is 1. The van der Waals surface area contributed by atoms with Crippen LogP contribution in [0.4, 0.5) is 0 Å². The number of carbonyl (C=O) groups is 2. The van der Waals surface area contributed by atoms with E-state index in [1.807, 2.05) is 0 Å². The minimum atomic E-state index is -0.408. The maximum absolute atomic E-state index is 12.4. The Labute approximate surface area is 116 Å². The van der Waals surface area contributed by atoms with Crippen LogP contribution in [-0.4, -0.2) is 57.8 Å². The van der Waals surface area contributed by atoms with Crippen LogP contribution in [0.1, 0.15) is 28.8 Å². The average Bonchev–Trinajstić information content (AvgIpc) is 2.37. The summed E-state index contributed by atoms with van der Waals surface area (Å²) < 4.78 is 0. The Balaban J connectivity index is 2.18. The fourth-order valence-corrected chi connectivity index (χ4v) is 2.36. The number of piperazine rings is 1. The molecular weight excluding hydrogens is 260 g/mol. The van der Waals surface area contributed by atoms with Crippen molar-refractivity contribution in [2.24, 2.45) is 0 Å². The van der Waals surface area contributed by atoms with Gasteiger partial charge in [0.25, 0.3) is 11.5 Å². The lowest BCUT2D eigenvalue weighted by Crippen LogP contribution is -2.51. The Bertz CT molecular complexity index is 600. The van der Waals surface area contributed by atoms with Crippen LogP contribution >= 0.6 is 0 Å². The Morgan fingerprint density at radius 1 is 1.10 bits per heavy atom. The first-order valence-corrected chi connectivity index (χ1v) is 6.52. The number of rotatable bonds is 1. The molecule has 0 spiro atoms. The molecule has 0 bridgehead atoms. The minimum absolute atomic E-state index is 0.00290. The van der Waals surface area contributed by atoms with E-state index in [-0.39, 0.29) is 17.4 Å². The highest BCUT2D eigenvalue weighted by Gasteiger charge is 2.26. The van der Waals surface area contributed by atoms with Gasteiger partial charge >= 0.3 is 0 Å². The second-order valence-electron chi connectivity index (χ2n) is 4.91. The molecule has 20 heavy (non-hydrogen) atoms. The molecule has 2 amide bonds. The third kappa shape index (κ3) is 2.71. The number of H-pyrrole nitrogens is 1. The SMILES string of the molecule is CC(=O)N1CCN(C(=O)c2c(C)nc(C)[nH]c2=O)CC1. The molecule has 1 fully saturated rings. The highest BCUT2D eigenvalue weighted by molar-refractivity contribution is 5.95. The normalized spacial score (nSPS) is 15.3. The van der Waals surface area contributed by atoms with Gasteiger partial charge in [0, 0.05) is 33.1 Å². The van der Waals surface area contributed by atoms with Crippen LogP contribution in [0, 0.1) is 13.8 Å². The molecule has 1 aliphatic heterocycles. The second kappa shape index (κ2) is 5.44. The first kappa shape index (κ1) is 14.2. The molecule has 2 heterocycles. The van der Waals surface area contributed by atoms with Gasteiger partial charge in [-0.2, -0.15) is 0 Å². The third-order valence-corrected chi connectivity index (χ3v) is 3.44.